The molecule has 2 unspecified atom stereocenters. The largest absolute Gasteiger partial charge is 0.493 e. The average molecular weight is 654 g/mol. The van der Waals surface area contributed by atoms with Gasteiger partial charge in [-0.05, 0) is 75.6 Å². The van der Waals surface area contributed by atoms with Crippen molar-refractivity contribution in [3.05, 3.63) is 60.9 Å². The van der Waals surface area contributed by atoms with Crippen molar-refractivity contribution in [1.82, 2.24) is 20.3 Å². The Hall–Kier alpha value is -3.33. The van der Waals surface area contributed by atoms with Gasteiger partial charge in [-0.15, -0.1) is 0 Å². The number of hydrogen-bond acceptors (Lipinski definition) is 7. The van der Waals surface area contributed by atoms with Gasteiger partial charge < -0.3 is 14.8 Å². The Morgan fingerprint density at radius 1 is 0.860 bits per heavy atom. The van der Waals surface area contributed by atoms with Crippen molar-refractivity contribution in [2.24, 2.45) is 10.8 Å². The number of halogens is 1. The molecular weight excluding hydrogens is 608 g/mol. The van der Waals surface area contributed by atoms with Gasteiger partial charge in [-0.25, -0.2) is 4.98 Å². The number of hydrogen-bond donors (Lipinski definition) is 1. The lowest BCUT2D eigenvalue weighted by molar-refractivity contribution is -0.155. The van der Waals surface area contributed by atoms with E-state index in [4.69, 9.17) is 14.5 Å². The van der Waals surface area contributed by atoms with Crippen LogP contribution in [-0.4, -0.2) is 51.4 Å². The first-order valence-electron chi connectivity index (χ1n) is 14.9. The van der Waals surface area contributed by atoms with Gasteiger partial charge in [0.15, 0.2) is 0 Å². The van der Waals surface area contributed by atoms with Crippen LogP contribution in [-0.2, 0) is 14.3 Å². The van der Waals surface area contributed by atoms with Crippen LogP contribution in [0.3, 0.4) is 0 Å². The van der Waals surface area contributed by atoms with E-state index in [9.17, 15) is 9.59 Å². The molecule has 0 saturated carbocycles. The number of carbonyl (C=O) groups excluding carboxylic acids is 2. The highest BCUT2D eigenvalue weighted by Crippen LogP contribution is 2.44. The van der Waals surface area contributed by atoms with E-state index in [2.05, 4.69) is 52.0 Å². The molecule has 0 aliphatic heterocycles. The topological polar surface area (TPSA) is 103 Å². The minimum atomic E-state index is -0.902. The molecule has 0 bridgehead atoms. The normalized spacial score (nSPS) is 14.3. The molecule has 1 amide bonds. The molecule has 1 N–H and O–H groups in total. The van der Waals surface area contributed by atoms with Crippen LogP contribution in [0, 0.1) is 10.8 Å². The zero-order valence-corrected chi connectivity index (χ0v) is 27.9. The van der Waals surface area contributed by atoms with Gasteiger partial charge in [0.2, 0.25) is 5.91 Å². The van der Waals surface area contributed by atoms with Crippen molar-refractivity contribution in [1.29, 1.82) is 0 Å². The number of methoxy groups -OCH3 is 1. The second kappa shape index (κ2) is 15.4. The predicted octanol–water partition coefficient (Wildman–Crippen LogP) is 7.42. The first-order chi connectivity index (χ1) is 20.4. The summed E-state index contributed by atoms with van der Waals surface area (Å²) in [6.07, 6.45) is 7.89. The van der Waals surface area contributed by atoms with E-state index in [0.717, 1.165) is 48.5 Å². The third kappa shape index (κ3) is 10.1. The van der Waals surface area contributed by atoms with Crippen molar-refractivity contribution in [2.75, 3.05) is 20.3 Å². The number of esters is 1. The number of nitrogens with zero attached hydrogens (tertiary/aromatic N) is 3. The van der Waals surface area contributed by atoms with E-state index in [1.165, 1.54) is 7.11 Å². The van der Waals surface area contributed by atoms with E-state index in [0.29, 0.717) is 31.7 Å². The lowest BCUT2D eigenvalue weighted by Crippen LogP contribution is -2.47. The SMILES string of the molecule is CCC(C)(C)CC(C)(CC(C)(Br)C(=O)NCCCCCOc1cc(-c2ccccn2)nc(-c2ccccn2)c1)C(=O)OC. The summed E-state index contributed by atoms with van der Waals surface area (Å²) in [6.45, 7) is 11.2. The standard InChI is InChI=1S/C34H45BrN4O4/c1-7-32(2,3)23-33(4,31(41)42-6)24-34(5,35)30(40)38-19-11-8-14-20-43-25-21-28(26-15-9-12-17-36-26)39-29(22-25)27-16-10-13-18-37-27/h9-10,12-13,15-18,21-22H,7-8,11,14,19-20,23-24H2,1-6H3,(H,38,40). The highest BCUT2D eigenvalue weighted by molar-refractivity contribution is 9.10. The van der Waals surface area contributed by atoms with Crippen molar-refractivity contribution < 1.29 is 19.1 Å². The molecule has 0 aromatic carbocycles. The number of alkyl halides is 1. The Morgan fingerprint density at radius 3 is 1.98 bits per heavy atom. The van der Waals surface area contributed by atoms with Crippen LogP contribution in [0.15, 0.2) is 60.9 Å². The second-order valence-electron chi connectivity index (χ2n) is 12.3. The summed E-state index contributed by atoms with van der Waals surface area (Å²) in [5, 5.41) is 3.04. The fraction of sp³-hybridized carbons (Fsp3) is 0.500. The molecule has 9 heteroatoms. The fourth-order valence-electron chi connectivity index (χ4n) is 5.31. The Bertz CT molecular complexity index is 1280. The molecule has 3 aromatic rings. The third-order valence-electron chi connectivity index (χ3n) is 7.73. The van der Waals surface area contributed by atoms with Gasteiger partial charge in [0.25, 0.3) is 0 Å². The van der Waals surface area contributed by atoms with Crippen molar-refractivity contribution >= 4 is 27.8 Å². The summed E-state index contributed by atoms with van der Waals surface area (Å²) in [4.78, 5) is 39.5. The molecule has 8 nitrogen and oxygen atoms in total. The number of carbonyl (C=O) groups is 2. The first-order valence-corrected chi connectivity index (χ1v) is 15.7. The molecule has 0 spiro atoms. The Balaban J connectivity index is 1.51. The molecule has 0 saturated heterocycles. The molecule has 2 atom stereocenters. The fourth-order valence-corrected chi connectivity index (χ4v) is 6.07. The number of ether oxygens (including phenoxy) is 2. The van der Waals surface area contributed by atoms with Gasteiger partial charge in [0.1, 0.15) is 10.1 Å². The maximum absolute atomic E-state index is 13.1. The predicted molar refractivity (Wildman–Crippen MR) is 174 cm³/mol. The summed E-state index contributed by atoms with van der Waals surface area (Å²) in [6, 6.07) is 15.2. The minimum absolute atomic E-state index is 0.0547. The van der Waals surface area contributed by atoms with Crippen LogP contribution in [0.1, 0.15) is 73.1 Å². The van der Waals surface area contributed by atoms with E-state index in [1.807, 2.05) is 62.4 Å². The van der Waals surface area contributed by atoms with Gasteiger partial charge in [-0.3, -0.25) is 19.6 Å². The van der Waals surface area contributed by atoms with Crippen molar-refractivity contribution in [3.8, 4) is 28.5 Å². The lowest BCUT2D eigenvalue weighted by atomic mass is 9.69. The van der Waals surface area contributed by atoms with E-state index < -0.39 is 9.74 Å². The maximum atomic E-state index is 13.1. The van der Waals surface area contributed by atoms with Gasteiger partial charge in [0, 0.05) is 31.1 Å². The molecule has 3 heterocycles. The first kappa shape index (κ1) is 34.2. The average Bonchev–Trinajstić information content (AvgIpc) is 3.00. The van der Waals surface area contributed by atoms with Crippen molar-refractivity contribution in [2.45, 2.75) is 77.5 Å². The van der Waals surface area contributed by atoms with Gasteiger partial charge in [0.05, 0.1) is 41.9 Å². The number of unbranched alkanes of at least 4 members (excludes halogenated alkanes) is 2. The van der Waals surface area contributed by atoms with Crippen LogP contribution in [0.4, 0.5) is 0 Å². The Kier molecular flexibility index (Phi) is 12.2. The number of rotatable bonds is 16. The second-order valence-corrected chi connectivity index (χ2v) is 14.0. The Labute approximate surface area is 264 Å². The van der Waals surface area contributed by atoms with Gasteiger partial charge >= 0.3 is 5.97 Å². The number of pyridine rings is 3. The summed E-state index contributed by atoms with van der Waals surface area (Å²) >= 11 is 3.62. The Morgan fingerprint density at radius 2 is 1.47 bits per heavy atom. The van der Waals surface area contributed by atoms with Crippen LogP contribution in [0.25, 0.3) is 22.8 Å². The molecular formula is C34H45BrN4O4. The molecule has 232 valence electrons. The molecule has 0 aliphatic carbocycles. The third-order valence-corrected chi connectivity index (χ3v) is 8.37. The minimum Gasteiger partial charge on any atom is -0.493 e. The number of aromatic nitrogens is 3. The number of nitrogens with one attached hydrogen (secondary N) is 1. The molecule has 0 fully saturated rings. The van der Waals surface area contributed by atoms with Gasteiger partial charge in [-0.2, -0.15) is 0 Å². The molecule has 43 heavy (non-hydrogen) atoms. The summed E-state index contributed by atoms with van der Waals surface area (Å²) in [7, 11) is 1.41. The van der Waals surface area contributed by atoms with Crippen LogP contribution in [0.5, 0.6) is 5.75 Å². The van der Waals surface area contributed by atoms with Crippen LogP contribution < -0.4 is 10.1 Å². The highest BCUT2D eigenvalue weighted by atomic mass is 79.9. The molecule has 0 aliphatic rings. The van der Waals surface area contributed by atoms with E-state index >= 15 is 0 Å². The smallest absolute Gasteiger partial charge is 0.311 e. The molecule has 3 aromatic heterocycles. The molecule has 3 rings (SSSR count). The van der Waals surface area contributed by atoms with E-state index in [1.54, 1.807) is 12.4 Å². The summed E-state index contributed by atoms with van der Waals surface area (Å²) in [5.74, 6) is 0.287. The highest BCUT2D eigenvalue weighted by Gasteiger charge is 2.46. The van der Waals surface area contributed by atoms with Crippen LogP contribution >= 0.6 is 15.9 Å². The summed E-state index contributed by atoms with van der Waals surface area (Å²) in [5.41, 5.74) is 2.13. The molecule has 0 radical (unpaired) electrons. The zero-order chi connectivity index (χ0) is 31.5. The van der Waals surface area contributed by atoms with E-state index in [-0.39, 0.29) is 17.3 Å². The summed E-state index contributed by atoms with van der Waals surface area (Å²) < 4.78 is 10.4. The van der Waals surface area contributed by atoms with Crippen molar-refractivity contribution in [3.63, 3.8) is 0 Å². The monoisotopic (exact) mass is 652 g/mol. The quantitative estimate of drug-likeness (QED) is 0.0975. The van der Waals surface area contributed by atoms with Gasteiger partial charge in [-0.1, -0.05) is 55.3 Å². The lowest BCUT2D eigenvalue weighted by Gasteiger charge is -2.38. The van der Waals surface area contributed by atoms with Crippen LogP contribution in [0.2, 0.25) is 0 Å². The maximum Gasteiger partial charge on any atom is 0.311 e. The zero-order valence-electron chi connectivity index (χ0n) is 26.3. The number of amides is 1.